The Bertz CT molecular complexity index is 445. The molecule has 0 aliphatic carbocycles. The summed E-state index contributed by atoms with van der Waals surface area (Å²) >= 11 is 2.15. The van der Waals surface area contributed by atoms with Crippen molar-refractivity contribution in [2.75, 3.05) is 14.2 Å². The molecule has 0 saturated carbocycles. The smallest absolute Gasteiger partial charge is 0.397 e. The van der Waals surface area contributed by atoms with E-state index in [1.54, 1.807) is 6.07 Å². The average Bonchev–Trinajstić information content (AvgIpc) is 2.32. The summed E-state index contributed by atoms with van der Waals surface area (Å²) in [7, 11) is 2.58. The molecule has 0 aromatic heterocycles. The van der Waals surface area contributed by atoms with Crippen molar-refractivity contribution in [3.63, 3.8) is 0 Å². The van der Waals surface area contributed by atoms with Gasteiger partial charge in [0, 0.05) is 3.57 Å². The molecule has 1 rings (SSSR count). The van der Waals surface area contributed by atoms with E-state index in [1.807, 2.05) is 19.1 Å². The van der Waals surface area contributed by atoms with E-state index in [-0.39, 0.29) is 5.90 Å². The minimum Gasteiger partial charge on any atom is -0.462 e. The quantitative estimate of drug-likeness (QED) is 0.270. The van der Waals surface area contributed by atoms with Gasteiger partial charge in [0.1, 0.15) is 12.9 Å². The Morgan fingerprint density at radius 3 is 2.65 bits per heavy atom. The molecule has 17 heavy (non-hydrogen) atoms. The number of nitrogens with zero attached hydrogens (tertiary/aromatic N) is 1. The average molecular weight is 349 g/mol. The summed E-state index contributed by atoms with van der Waals surface area (Å²) in [5.74, 6) is -0.386. The molecule has 92 valence electrons. The number of hydrogen-bond donors (Lipinski definition) is 0. The summed E-state index contributed by atoms with van der Waals surface area (Å²) in [6.45, 7) is 1.87. The number of halogens is 1. The number of carbonyl (C=O) groups excluding carboxylic acids is 1. The zero-order valence-electron chi connectivity index (χ0n) is 9.69. The standard InChI is InChI=1S/C11H12INO4/c1-7-4-5-8(12)6-9(7)17-10(13-16-3)11(14)15-2/h4-6H,1-3H3/b13-10+. The number of ether oxygens (including phenoxy) is 2. The molecule has 0 bridgehead atoms. The third-order valence-corrected chi connectivity index (χ3v) is 2.56. The highest BCUT2D eigenvalue weighted by Crippen LogP contribution is 2.21. The maximum Gasteiger partial charge on any atom is 0.397 e. The van der Waals surface area contributed by atoms with Crippen LogP contribution in [0.1, 0.15) is 5.56 Å². The predicted molar refractivity (Wildman–Crippen MR) is 71.0 cm³/mol. The molecule has 0 heterocycles. The molecule has 1 aromatic rings. The van der Waals surface area contributed by atoms with E-state index in [4.69, 9.17) is 4.74 Å². The Hall–Kier alpha value is -1.31. The van der Waals surface area contributed by atoms with Crippen molar-refractivity contribution in [3.8, 4) is 5.75 Å². The molecule has 0 aliphatic rings. The molecule has 1 aromatic carbocycles. The second-order valence-corrected chi connectivity index (χ2v) is 4.33. The first-order valence-electron chi connectivity index (χ1n) is 4.72. The molecule has 0 unspecified atom stereocenters. The zero-order chi connectivity index (χ0) is 12.8. The molecule has 0 radical (unpaired) electrons. The van der Waals surface area contributed by atoms with Gasteiger partial charge in [0.2, 0.25) is 0 Å². The highest BCUT2D eigenvalue weighted by atomic mass is 127. The second kappa shape index (κ2) is 6.43. The number of hydrogen-bond acceptors (Lipinski definition) is 5. The molecule has 5 nitrogen and oxygen atoms in total. The SMILES string of the molecule is CO/N=C(/Oc1cc(I)ccc1C)C(=O)OC. The molecule has 0 spiro atoms. The number of methoxy groups -OCH3 is 1. The molecule has 0 saturated heterocycles. The largest absolute Gasteiger partial charge is 0.462 e. The van der Waals surface area contributed by atoms with Crippen LogP contribution in [0.15, 0.2) is 23.4 Å². The van der Waals surface area contributed by atoms with Crippen molar-refractivity contribution in [2.45, 2.75) is 6.92 Å². The molecule has 0 atom stereocenters. The Morgan fingerprint density at radius 2 is 2.06 bits per heavy atom. The monoisotopic (exact) mass is 349 g/mol. The summed E-state index contributed by atoms with van der Waals surface area (Å²) in [4.78, 5) is 15.9. The molecular formula is C11H12INO4. The number of carbonyl (C=O) groups is 1. The highest BCUT2D eigenvalue weighted by Gasteiger charge is 2.17. The number of esters is 1. The van der Waals surface area contributed by atoms with Crippen molar-refractivity contribution in [1.82, 2.24) is 0 Å². The fraction of sp³-hybridized carbons (Fsp3) is 0.273. The van der Waals surface area contributed by atoms with Gasteiger partial charge in [-0.1, -0.05) is 6.07 Å². The predicted octanol–water partition coefficient (Wildman–Crippen LogP) is 2.11. The normalized spacial score (nSPS) is 10.9. The zero-order valence-corrected chi connectivity index (χ0v) is 11.8. The number of rotatable bonds is 2. The van der Waals surface area contributed by atoms with E-state index in [1.165, 1.54) is 14.2 Å². The molecule has 0 fully saturated rings. The van der Waals surface area contributed by atoms with Gasteiger partial charge >= 0.3 is 11.9 Å². The van der Waals surface area contributed by atoms with Crippen LogP contribution in [0.5, 0.6) is 5.75 Å². The number of oxime groups is 1. The van der Waals surface area contributed by atoms with E-state index in [0.29, 0.717) is 5.75 Å². The Balaban J connectivity index is 2.97. The van der Waals surface area contributed by atoms with Gasteiger partial charge in [-0.05, 0) is 52.4 Å². The maximum absolute atomic E-state index is 11.3. The van der Waals surface area contributed by atoms with Crippen LogP contribution in [-0.4, -0.2) is 26.1 Å². The van der Waals surface area contributed by atoms with E-state index in [0.717, 1.165) is 9.13 Å². The van der Waals surface area contributed by atoms with E-state index < -0.39 is 5.97 Å². The van der Waals surface area contributed by atoms with Gasteiger partial charge in [0.15, 0.2) is 0 Å². The van der Waals surface area contributed by atoms with Crippen molar-refractivity contribution in [2.24, 2.45) is 5.16 Å². The van der Waals surface area contributed by atoms with Gasteiger partial charge in [0.05, 0.1) is 7.11 Å². The molecular weight excluding hydrogens is 337 g/mol. The van der Waals surface area contributed by atoms with Crippen LogP contribution in [0.2, 0.25) is 0 Å². The molecule has 0 aliphatic heterocycles. The summed E-state index contributed by atoms with van der Waals surface area (Å²) in [5.41, 5.74) is 0.887. The lowest BCUT2D eigenvalue weighted by atomic mass is 10.2. The van der Waals surface area contributed by atoms with Crippen LogP contribution in [0.3, 0.4) is 0 Å². The Labute approximate surface area is 113 Å². The summed E-state index contributed by atoms with van der Waals surface area (Å²) < 4.78 is 10.9. The van der Waals surface area contributed by atoms with Crippen LogP contribution < -0.4 is 4.74 Å². The third-order valence-electron chi connectivity index (χ3n) is 1.89. The third kappa shape index (κ3) is 3.88. The van der Waals surface area contributed by atoms with Crippen LogP contribution in [0.25, 0.3) is 0 Å². The fourth-order valence-corrected chi connectivity index (χ4v) is 1.52. The fourth-order valence-electron chi connectivity index (χ4n) is 1.06. The van der Waals surface area contributed by atoms with Gasteiger partial charge in [0.25, 0.3) is 0 Å². The minimum absolute atomic E-state index is 0.236. The maximum atomic E-state index is 11.3. The number of aryl methyl sites for hydroxylation is 1. The van der Waals surface area contributed by atoms with E-state index >= 15 is 0 Å². The van der Waals surface area contributed by atoms with E-state index in [2.05, 4.69) is 37.3 Å². The highest BCUT2D eigenvalue weighted by molar-refractivity contribution is 14.1. The van der Waals surface area contributed by atoms with Crippen LogP contribution in [-0.2, 0) is 14.4 Å². The van der Waals surface area contributed by atoms with E-state index in [9.17, 15) is 4.79 Å². The summed E-state index contributed by atoms with van der Waals surface area (Å²) in [6.07, 6.45) is 0. The lowest BCUT2D eigenvalue weighted by Crippen LogP contribution is -2.22. The summed E-state index contributed by atoms with van der Waals surface area (Å²) in [5, 5.41) is 3.48. The summed E-state index contributed by atoms with van der Waals surface area (Å²) in [6, 6.07) is 5.62. The Kier molecular flexibility index (Phi) is 5.20. The Morgan fingerprint density at radius 1 is 1.35 bits per heavy atom. The van der Waals surface area contributed by atoms with Crippen LogP contribution in [0.4, 0.5) is 0 Å². The van der Waals surface area contributed by atoms with Crippen LogP contribution in [0, 0.1) is 10.5 Å². The van der Waals surface area contributed by atoms with Gasteiger partial charge in [-0.15, -0.1) is 0 Å². The second-order valence-electron chi connectivity index (χ2n) is 3.08. The number of benzene rings is 1. The van der Waals surface area contributed by atoms with Crippen molar-refractivity contribution >= 4 is 34.5 Å². The minimum atomic E-state index is -0.690. The topological polar surface area (TPSA) is 57.1 Å². The molecule has 6 heteroatoms. The van der Waals surface area contributed by atoms with Crippen molar-refractivity contribution in [3.05, 3.63) is 27.3 Å². The van der Waals surface area contributed by atoms with Gasteiger partial charge in [-0.2, -0.15) is 0 Å². The van der Waals surface area contributed by atoms with Crippen LogP contribution >= 0.6 is 22.6 Å². The van der Waals surface area contributed by atoms with Gasteiger partial charge < -0.3 is 14.3 Å². The molecule has 0 N–H and O–H groups in total. The first kappa shape index (κ1) is 13.8. The molecule has 0 amide bonds. The lowest BCUT2D eigenvalue weighted by Gasteiger charge is -2.09. The first-order chi connectivity index (χ1) is 8.08. The lowest BCUT2D eigenvalue weighted by molar-refractivity contribution is -0.134. The van der Waals surface area contributed by atoms with Crippen molar-refractivity contribution < 1.29 is 19.1 Å². The van der Waals surface area contributed by atoms with Gasteiger partial charge in [-0.25, -0.2) is 4.79 Å². The first-order valence-corrected chi connectivity index (χ1v) is 5.79. The van der Waals surface area contributed by atoms with Gasteiger partial charge in [-0.3, -0.25) is 0 Å². The van der Waals surface area contributed by atoms with Crippen molar-refractivity contribution in [1.29, 1.82) is 0 Å².